The SMILES string of the molecule is CCCCCCOc1ccc(OC(=O)c2ccc(C(=O)Oc3ccc(N4CCN(C(=O)c5ccc(C(=O)Oc6ccc(OCCCCCC)cc6)cc5)CC4)cc3)cc2)cc1. The standard InChI is InChI=1S/C50H54N2O9/c1-3-5-7-9-35-57-42-23-27-45(28-24-42)60-48(54)38-13-11-37(12-14-38)47(53)52-33-31-51(32-34-52)41-19-21-44(22-20-41)59-49(55)39-15-17-40(18-16-39)50(56)61-46-29-25-43(26-30-46)58-36-10-8-6-4-2/h11-30H,3-10,31-36H2,1-2H3. The summed E-state index contributed by atoms with van der Waals surface area (Å²) in [5.41, 5.74) is 2.36. The first-order valence-corrected chi connectivity index (χ1v) is 21.3. The Kier molecular flexibility index (Phi) is 16.3. The molecule has 5 aromatic rings. The third kappa shape index (κ3) is 13.2. The fourth-order valence-electron chi connectivity index (χ4n) is 6.71. The van der Waals surface area contributed by atoms with Crippen LogP contribution in [0.1, 0.15) is 107 Å². The first-order chi connectivity index (χ1) is 29.8. The number of hydrogen-bond donors (Lipinski definition) is 0. The summed E-state index contributed by atoms with van der Waals surface area (Å²) in [4.78, 5) is 55.7. The second-order valence-electron chi connectivity index (χ2n) is 14.9. The Labute approximate surface area is 358 Å². The lowest BCUT2D eigenvalue weighted by atomic mass is 10.1. The van der Waals surface area contributed by atoms with Crippen molar-refractivity contribution in [2.45, 2.75) is 65.2 Å². The summed E-state index contributed by atoms with van der Waals surface area (Å²) in [6, 6.07) is 33.7. The number of unbranched alkanes of at least 4 members (excludes halogenated alkanes) is 6. The van der Waals surface area contributed by atoms with Crippen LogP contribution in [0.3, 0.4) is 0 Å². The number of hydrogen-bond acceptors (Lipinski definition) is 10. The lowest BCUT2D eigenvalue weighted by molar-refractivity contribution is 0.0720. The van der Waals surface area contributed by atoms with Gasteiger partial charge in [0.25, 0.3) is 5.91 Å². The Morgan fingerprint density at radius 2 is 0.754 bits per heavy atom. The molecule has 11 heteroatoms. The van der Waals surface area contributed by atoms with Crippen molar-refractivity contribution < 1.29 is 42.9 Å². The molecule has 1 aliphatic heterocycles. The number of amides is 1. The highest BCUT2D eigenvalue weighted by molar-refractivity contribution is 5.97. The summed E-state index contributed by atoms with van der Waals surface area (Å²) in [6.07, 6.45) is 9.03. The molecule has 1 fully saturated rings. The molecule has 5 aromatic carbocycles. The first-order valence-electron chi connectivity index (χ1n) is 21.3. The second-order valence-corrected chi connectivity index (χ2v) is 14.9. The molecule has 0 bridgehead atoms. The van der Waals surface area contributed by atoms with Gasteiger partial charge in [-0.3, -0.25) is 4.79 Å². The Balaban J connectivity index is 0.908. The summed E-state index contributed by atoms with van der Waals surface area (Å²) in [5.74, 6) is 0.926. The van der Waals surface area contributed by atoms with Gasteiger partial charge in [-0.1, -0.05) is 52.4 Å². The molecule has 0 N–H and O–H groups in total. The van der Waals surface area contributed by atoms with E-state index in [9.17, 15) is 19.2 Å². The van der Waals surface area contributed by atoms with Gasteiger partial charge in [0, 0.05) is 37.4 Å². The van der Waals surface area contributed by atoms with E-state index in [1.807, 2.05) is 12.1 Å². The fourth-order valence-corrected chi connectivity index (χ4v) is 6.71. The van der Waals surface area contributed by atoms with Crippen LogP contribution in [0, 0.1) is 0 Å². The van der Waals surface area contributed by atoms with Gasteiger partial charge in [0.2, 0.25) is 0 Å². The van der Waals surface area contributed by atoms with Crippen LogP contribution in [0.5, 0.6) is 28.7 Å². The van der Waals surface area contributed by atoms with Crippen LogP contribution in [0.4, 0.5) is 5.69 Å². The van der Waals surface area contributed by atoms with E-state index in [4.69, 9.17) is 23.7 Å². The number of carbonyl (C=O) groups excluding carboxylic acids is 4. The first kappa shape index (κ1) is 43.9. The zero-order valence-corrected chi connectivity index (χ0v) is 35.0. The zero-order valence-electron chi connectivity index (χ0n) is 35.0. The van der Waals surface area contributed by atoms with E-state index in [0.29, 0.717) is 73.3 Å². The van der Waals surface area contributed by atoms with Gasteiger partial charge in [0.05, 0.1) is 29.9 Å². The molecular weight excluding hydrogens is 773 g/mol. The predicted octanol–water partition coefficient (Wildman–Crippen LogP) is 10.2. The minimum absolute atomic E-state index is 0.110. The van der Waals surface area contributed by atoms with Crippen LogP contribution in [0.25, 0.3) is 0 Å². The summed E-state index contributed by atoms with van der Waals surface area (Å²) in [6.45, 7) is 7.92. The molecule has 1 heterocycles. The highest BCUT2D eigenvalue weighted by Crippen LogP contribution is 2.24. The van der Waals surface area contributed by atoms with Gasteiger partial charge in [0.15, 0.2) is 0 Å². The molecular formula is C50H54N2O9. The summed E-state index contributed by atoms with van der Waals surface area (Å²) >= 11 is 0. The Morgan fingerprint density at radius 3 is 1.13 bits per heavy atom. The Morgan fingerprint density at radius 1 is 0.410 bits per heavy atom. The highest BCUT2D eigenvalue weighted by atomic mass is 16.5. The van der Waals surface area contributed by atoms with E-state index < -0.39 is 17.9 Å². The monoisotopic (exact) mass is 826 g/mol. The lowest BCUT2D eigenvalue weighted by Crippen LogP contribution is -2.48. The molecule has 0 saturated carbocycles. The molecule has 61 heavy (non-hydrogen) atoms. The van der Waals surface area contributed by atoms with E-state index in [1.165, 1.54) is 49.9 Å². The number of carbonyl (C=O) groups is 4. The van der Waals surface area contributed by atoms with Gasteiger partial charge in [-0.25, -0.2) is 14.4 Å². The average Bonchev–Trinajstić information content (AvgIpc) is 3.30. The summed E-state index contributed by atoms with van der Waals surface area (Å²) in [7, 11) is 0. The van der Waals surface area contributed by atoms with Gasteiger partial charge in [-0.05, 0) is 134 Å². The Bertz CT molecular complexity index is 2160. The summed E-state index contributed by atoms with van der Waals surface area (Å²) in [5, 5.41) is 0. The normalized spacial score (nSPS) is 12.4. The molecule has 318 valence electrons. The number of benzene rings is 5. The van der Waals surface area contributed by atoms with Crippen molar-refractivity contribution >= 4 is 29.5 Å². The summed E-state index contributed by atoms with van der Waals surface area (Å²) < 4.78 is 28.1. The van der Waals surface area contributed by atoms with Gasteiger partial charge < -0.3 is 33.5 Å². The number of anilines is 1. The number of ether oxygens (including phenoxy) is 5. The van der Waals surface area contributed by atoms with Crippen LogP contribution >= 0.6 is 0 Å². The fraction of sp³-hybridized carbons (Fsp3) is 0.320. The molecule has 0 aromatic heterocycles. The largest absolute Gasteiger partial charge is 0.494 e. The number of esters is 3. The van der Waals surface area contributed by atoms with Crippen LogP contribution < -0.4 is 28.6 Å². The van der Waals surface area contributed by atoms with Gasteiger partial charge >= 0.3 is 17.9 Å². The van der Waals surface area contributed by atoms with Crippen molar-refractivity contribution in [3.05, 3.63) is 144 Å². The van der Waals surface area contributed by atoms with E-state index in [-0.39, 0.29) is 11.5 Å². The maximum Gasteiger partial charge on any atom is 0.343 e. The lowest BCUT2D eigenvalue weighted by Gasteiger charge is -2.36. The van der Waals surface area contributed by atoms with Gasteiger partial charge in [-0.2, -0.15) is 0 Å². The highest BCUT2D eigenvalue weighted by Gasteiger charge is 2.23. The molecule has 0 unspecified atom stereocenters. The van der Waals surface area contributed by atoms with E-state index in [1.54, 1.807) is 89.8 Å². The van der Waals surface area contributed by atoms with Crippen molar-refractivity contribution in [2.75, 3.05) is 44.3 Å². The molecule has 0 atom stereocenters. The van der Waals surface area contributed by atoms with Crippen LogP contribution in [0.2, 0.25) is 0 Å². The number of rotatable bonds is 20. The van der Waals surface area contributed by atoms with E-state index >= 15 is 0 Å². The molecule has 6 rings (SSSR count). The van der Waals surface area contributed by atoms with Crippen LogP contribution in [0.15, 0.2) is 121 Å². The number of piperazine rings is 1. The van der Waals surface area contributed by atoms with Crippen LogP contribution in [-0.2, 0) is 0 Å². The minimum atomic E-state index is -0.557. The third-order valence-electron chi connectivity index (χ3n) is 10.3. The van der Waals surface area contributed by atoms with Crippen molar-refractivity contribution in [3.8, 4) is 28.7 Å². The van der Waals surface area contributed by atoms with Crippen LogP contribution in [-0.4, -0.2) is 68.1 Å². The molecule has 0 radical (unpaired) electrons. The number of nitrogens with zero attached hydrogens (tertiary/aromatic N) is 2. The molecule has 1 saturated heterocycles. The van der Waals surface area contributed by atoms with Gasteiger partial charge in [0.1, 0.15) is 28.7 Å². The quantitative estimate of drug-likeness (QED) is 0.0426. The smallest absolute Gasteiger partial charge is 0.343 e. The topological polar surface area (TPSA) is 121 Å². The van der Waals surface area contributed by atoms with Crippen molar-refractivity contribution in [2.24, 2.45) is 0 Å². The third-order valence-corrected chi connectivity index (χ3v) is 10.3. The second kappa shape index (κ2) is 22.7. The van der Waals surface area contributed by atoms with E-state index in [2.05, 4.69) is 18.7 Å². The molecule has 1 amide bonds. The maximum atomic E-state index is 13.3. The Hall–Kier alpha value is -6.62. The maximum absolute atomic E-state index is 13.3. The van der Waals surface area contributed by atoms with Crippen molar-refractivity contribution in [3.63, 3.8) is 0 Å². The van der Waals surface area contributed by atoms with Crippen molar-refractivity contribution in [1.29, 1.82) is 0 Å². The van der Waals surface area contributed by atoms with Gasteiger partial charge in [-0.15, -0.1) is 0 Å². The van der Waals surface area contributed by atoms with Crippen molar-refractivity contribution in [1.82, 2.24) is 4.90 Å². The van der Waals surface area contributed by atoms with E-state index in [0.717, 1.165) is 42.9 Å². The minimum Gasteiger partial charge on any atom is -0.494 e. The molecule has 1 aliphatic rings. The average molecular weight is 827 g/mol. The predicted molar refractivity (Wildman–Crippen MR) is 234 cm³/mol. The molecule has 0 aliphatic carbocycles. The molecule has 0 spiro atoms. The molecule has 11 nitrogen and oxygen atoms in total. The zero-order chi connectivity index (χ0) is 42.8.